The Morgan fingerprint density at radius 3 is 2.09 bits per heavy atom. The van der Waals surface area contributed by atoms with E-state index in [0.717, 1.165) is 5.56 Å². The van der Waals surface area contributed by atoms with Gasteiger partial charge in [0.2, 0.25) is 0 Å². The van der Waals surface area contributed by atoms with Crippen molar-refractivity contribution in [1.29, 1.82) is 0 Å². The lowest BCUT2D eigenvalue weighted by Crippen LogP contribution is -2.51. The number of benzene rings is 2. The van der Waals surface area contributed by atoms with Crippen molar-refractivity contribution < 1.29 is 9.90 Å². The normalized spacial score (nSPS) is 14.4. The molecule has 0 saturated carbocycles. The highest BCUT2D eigenvalue weighted by atomic mass is 35.5. The molecule has 0 spiro atoms. The number of rotatable bonds is 5. The zero-order chi connectivity index (χ0) is 16.3. The first-order valence-corrected chi connectivity index (χ1v) is 10.8. The maximum absolute atomic E-state index is 11.7. The van der Waals surface area contributed by atoms with Crippen LogP contribution >= 0.6 is 11.6 Å². The van der Waals surface area contributed by atoms with Crippen molar-refractivity contribution in [1.82, 2.24) is 0 Å². The second kappa shape index (κ2) is 6.67. The standard InChI is InChI=1S/C18H21ClO2Si/c1-13(18(20)21)17(14-9-11-15(19)12-10-14)22(2,3)16-7-5-4-6-8-16/h4-13,17H,1-3H3,(H,20,21)/t13-,17+/m1/s1. The van der Waals surface area contributed by atoms with E-state index >= 15 is 0 Å². The van der Waals surface area contributed by atoms with E-state index in [-0.39, 0.29) is 5.54 Å². The van der Waals surface area contributed by atoms with E-state index < -0.39 is 20.0 Å². The summed E-state index contributed by atoms with van der Waals surface area (Å²) in [7, 11) is -2.02. The van der Waals surface area contributed by atoms with E-state index in [9.17, 15) is 9.90 Å². The van der Waals surface area contributed by atoms with Crippen LogP contribution in [-0.4, -0.2) is 19.1 Å². The minimum absolute atomic E-state index is 0.00957. The molecule has 0 aliphatic rings. The number of carbonyl (C=O) groups is 1. The molecule has 0 aromatic heterocycles. The Balaban J connectivity index is 2.53. The average molecular weight is 333 g/mol. The summed E-state index contributed by atoms with van der Waals surface area (Å²) in [5.74, 6) is -1.19. The molecule has 4 heteroatoms. The molecule has 2 atom stereocenters. The highest BCUT2D eigenvalue weighted by Gasteiger charge is 2.40. The molecule has 2 aromatic rings. The Bertz CT molecular complexity index is 638. The maximum atomic E-state index is 11.7. The molecule has 2 rings (SSSR count). The summed E-state index contributed by atoms with van der Waals surface area (Å²) in [6, 6.07) is 17.9. The topological polar surface area (TPSA) is 37.3 Å². The van der Waals surface area contributed by atoms with Crippen LogP contribution in [0.25, 0.3) is 0 Å². The first-order chi connectivity index (χ1) is 10.3. The van der Waals surface area contributed by atoms with Crippen molar-refractivity contribution in [2.24, 2.45) is 5.92 Å². The monoisotopic (exact) mass is 332 g/mol. The molecule has 1 N–H and O–H groups in total. The smallest absolute Gasteiger partial charge is 0.306 e. The Labute approximate surface area is 137 Å². The van der Waals surface area contributed by atoms with Crippen molar-refractivity contribution in [3.8, 4) is 0 Å². The third-order valence-corrected chi connectivity index (χ3v) is 8.88. The Morgan fingerprint density at radius 2 is 1.59 bits per heavy atom. The van der Waals surface area contributed by atoms with Gasteiger partial charge in [-0.15, -0.1) is 0 Å². The predicted octanol–water partition coefficient (Wildman–Crippen LogP) is 4.30. The van der Waals surface area contributed by atoms with Gasteiger partial charge in [-0.2, -0.15) is 0 Å². The molecule has 0 aliphatic carbocycles. The fraction of sp³-hybridized carbons (Fsp3) is 0.278. The number of carboxylic acid groups (broad SMARTS) is 1. The van der Waals surface area contributed by atoms with Crippen LogP contribution in [0, 0.1) is 5.92 Å². The molecule has 0 saturated heterocycles. The summed E-state index contributed by atoms with van der Waals surface area (Å²) < 4.78 is 0. The third kappa shape index (κ3) is 3.42. The van der Waals surface area contributed by atoms with Gasteiger partial charge >= 0.3 is 5.97 Å². The van der Waals surface area contributed by atoms with Crippen LogP contribution in [0.5, 0.6) is 0 Å². The van der Waals surface area contributed by atoms with Gasteiger partial charge in [-0.3, -0.25) is 4.79 Å². The van der Waals surface area contributed by atoms with Crippen LogP contribution in [0.1, 0.15) is 18.0 Å². The fourth-order valence-corrected chi connectivity index (χ4v) is 7.15. The van der Waals surface area contributed by atoms with Gasteiger partial charge in [-0.1, -0.05) is 79.3 Å². The molecule has 0 unspecified atom stereocenters. The molecule has 0 radical (unpaired) electrons. The van der Waals surface area contributed by atoms with E-state index in [2.05, 4.69) is 25.2 Å². The lowest BCUT2D eigenvalue weighted by atomic mass is 10.0. The number of halogens is 1. The summed E-state index contributed by atoms with van der Waals surface area (Å²) in [5.41, 5.74) is 1.05. The zero-order valence-corrected chi connectivity index (χ0v) is 14.8. The van der Waals surface area contributed by atoms with E-state index in [0.29, 0.717) is 5.02 Å². The second-order valence-corrected chi connectivity index (χ2v) is 11.3. The number of carboxylic acids is 1. The molecular weight excluding hydrogens is 312 g/mol. The predicted molar refractivity (Wildman–Crippen MR) is 94.6 cm³/mol. The van der Waals surface area contributed by atoms with Crippen LogP contribution in [0.15, 0.2) is 54.6 Å². The van der Waals surface area contributed by atoms with Crippen LogP contribution in [0.3, 0.4) is 0 Å². The second-order valence-electron chi connectivity index (χ2n) is 6.24. The third-order valence-electron chi connectivity index (χ3n) is 4.41. The van der Waals surface area contributed by atoms with Gasteiger partial charge in [-0.05, 0) is 23.2 Å². The quantitative estimate of drug-likeness (QED) is 0.829. The molecule has 0 heterocycles. The Kier molecular flexibility index (Phi) is 5.09. The summed E-state index contributed by atoms with van der Waals surface area (Å²) in [6.07, 6.45) is 0. The Hall–Kier alpha value is -1.58. The van der Waals surface area contributed by atoms with Crippen molar-refractivity contribution in [3.05, 3.63) is 65.2 Å². The van der Waals surface area contributed by atoms with Gasteiger partial charge in [0.25, 0.3) is 0 Å². The molecule has 2 nitrogen and oxygen atoms in total. The van der Waals surface area contributed by atoms with Crippen molar-refractivity contribution >= 4 is 30.8 Å². The molecule has 116 valence electrons. The van der Waals surface area contributed by atoms with Gasteiger partial charge in [-0.25, -0.2) is 0 Å². The molecule has 0 bridgehead atoms. The van der Waals surface area contributed by atoms with Crippen molar-refractivity contribution in [3.63, 3.8) is 0 Å². The van der Waals surface area contributed by atoms with E-state index in [4.69, 9.17) is 11.6 Å². The largest absolute Gasteiger partial charge is 0.481 e. The summed E-state index contributed by atoms with van der Waals surface area (Å²) in [5, 5.41) is 11.5. The average Bonchev–Trinajstić information content (AvgIpc) is 2.50. The minimum atomic E-state index is -2.02. The van der Waals surface area contributed by atoms with E-state index in [1.807, 2.05) is 42.5 Å². The molecule has 0 fully saturated rings. The van der Waals surface area contributed by atoms with Crippen LogP contribution in [0.2, 0.25) is 18.1 Å². The first-order valence-electron chi connectivity index (χ1n) is 7.38. The zero-order valence-electron chi connectivity index (χ0n) is 13.1. The highest BCUT2D eigenvalue weighted by molar-refractivity contribution is 6.91. The van der Waals surface area contributed by atoms with Crippen molar-refractivity contribution in [2.75, 3.05) is 0 Å². The molecular formula is C18H21ClO2Si. The number of aliphatic carboxylic acids is 1. The Morgan fingerprint density at radius 1 is 1.05 bits per heavy atom. The van der Waals surface area contributed by atoms with Crippen LogP contribution in [0.4, 0.5) is 0 Å². The van der Waals surface area contributed by atoms with Gasteiger partial charge in [0.15, 0.2) is 0 Å². The molecule has 2 aromatic carbocycles. The van der Waals surface area contributed by atoms with Gasteiger partial charge in [0, 0.05) is 5.02 Å². The van der Waals surface area contributed by atoms with Crippen molar-refractivity contribution in [2.45, 2.75) is 25.6 Å². The van der Waals surface area contributed by atoms with E-state index in [1.165, 1.54) is 5.19 Å². The van der Waals surface area contributed by atoms with Gasteiger partial charge in [0.1, 0.15) is 0 Å². The SMILES string of the molecule is C[C@@H](C(=O)O)[C@@H](c1ccc(Cl)cc1)[Si](C)(C)c1ccccc1. The summed E-state index contributed by atoms with van der Waals surface area (Å²) in [6.45, 7) is 6.28. The lowest BCUT2D eigenvalue weighted by molar-refractivity contribution is -0.141. The van der Waals surface area contributed by atoms with Crippen LogP contribution in [-0.2, 0) is 4.79 Å². The minimum Gasteiger partial charge on any atom is -0.481 e. The summed E-state index contributed by atoms with van der Waals surface area (Å²) in [4.78, 5) is 11.7. The van der Waals surface area contributed by atoms with E-state index in [1.54, 1.807) is 6.92 Å². The molecule has 22 heavy (non-hydrogen) atoms. The number of hydrogen-bond acceptors (Lipinski definition) is 1. The summed E-state index contributed by atoms with van der Waals surface area (Å²) >= 11 is 5.98. The lowest BCUT2D eigenvalue weighted by Gasteiger charge is -2.36. The van der Waals surface area contributed by atoms with Crippen LogP contribution < -0.4 is 5.19 Å². The van der Waals surface area contributed by atoms with Gasteiger partial charge < -0.3 is 5.11 Å². The first kappa shape index (κ1) is 16.8. The molecule has 0 amide bonds. The van der Waals surface area contributed by atoms with Gasteiger partial charge in [0.05, 0.1) is 14.0 Å². The number of hydrogen-bond donors (Lipinski definition) is 1. The highest BCUT2D eigenvalue weighted by Crippen LogP contribution is 2.34. The maximum Gasteiger partial charge on any atom is 0.306 e. The fourth-order valence-electron chi connectivity index (χ4n) is 3.19. The molecule has 0 aliphatic heterocycles.